The standard InChI is InChI=1S/C16H21BrFN3O/c17-13-1-4-15(18)12(9-13)10-20-5-7-21(8-6-20)11-16(22)19-14-2-3-14/h1,4,9,14H,2-3,5-8,10-11H2,(H,19,22). The molecule has 2 aliphatic rings. The van der Waals surface area contributed by atoms with E-state index < -0.39 is 0 Å². The number of benzene rings is 1. The molecule has 0 spiro atoms. The van der Waals surface area contributed by atoms with Crippen molar-refractivity contribution < 1.29 is 9.18 Å². The van der Waals surface area contributed by atoms with Gasteiger partial charge in [-0.1, -0.05) is 15.9 Å². The maximum Gasteiger partial charge on any atom is 0.234 e. The molecule has 2 fully saturated rings. The molecule has 0 unspecified atom stereocenters. The summed E-state index contributed by atoms with van der Waals surface area (Å²) in [6, 6.07) is 5.48. The molecule has 1 aliphatic heterocycles. The predicted octanol–water partition coefficient (Wildman–Crippen LogP) is 1.98. The minimum absolute atomic E-state index is 0.133. The third-order valence-corrected chi connectivity index (χ3v) is 4.67. The highest BCUT2D eigenvalue weighted by Crippen LogP contribution is 2.19. The molecule has 4 nitrogen and oxygen atoms in total. The predicted molar refractivity (Wildman–Crippen MR) is 87.0 cm³/mol. The lowest BCUT2D eigenvalue weighted by molar-refractivity contribution is -0.122. The second kappa shape index (κ2) is 7.06. The molecule has 1 aromatic carbocycles. The molecule has 1 aromatic rings. The van der Waals surface area contributed by atoms with Crippen LogP contribution in [0.15, 0.2) is 22.7 Å². The van der Waals surface area contributed by atoms with Crippen LogP contribution in [0.2, 0.25) is 0 Å². The van der Waals surface area contributed by atoms with Gasteiger partial charge in [0.1, 0.15) is 5.82 Å². The van der Waals surface area contributed by atoms with Gasteiger partial charge < -0.3 is 5.32 Å². The van der Waals surface area contributed by atoms with Crippen LogP contribution in [0.25, 0.3) is 0 Å². The molecule has 22 heavy (non-hydrogen) atoms. The van der Waals surface area contributed by atoms with Crippen LogP contribution in [0.3, 0.4) is 0 Å². The van der Waals surface area contributed by atoms with Crippen molar-refractivity contribution in [2.45, 2.75) is 25.4 Å². The van der Waals surface area contributed by atoms with Crippen LogP contribution < -0.4 is 5.32 Å². The molecule has 6 heteroatoms. The zero-order valence-electron chi connectivity index (χ0n) is 12.5. The first-order valence-corrected chi connectivity index (χ1v) is 8.57. The van der Waals surface area contributed by atoms with Gasteiger partial charge in [0.25, 0.3) is 0 Å². The van der Waals surface area contributed by atoms with Crippen molar-refractivity contribution in [2.75, 3.05) is 32.7 Å². The molecule has 3 rings (SSSR count). The fraction of sp³-hybridized carbons (Fsp3) is 0.562. The normalized spacial score (nSPS) is 20.1. The summed E-state index contributed by atoms with van der Waals surface area (Å²) in [6.45, 7) is 4.54. The lowest BCUT2D eigenvalue weighted by atomic mass is 10.2. The molecular formula is C16H21BrFN3O. The molecule has 0 bridgehead atoms. The fourth-order valence-corrected chi connectivity index (χ4v) is 3.12. The first-order chi connectivity index (χ1) is 10.6. The van der Waals surface area contributed by atoms with Gasteiger partial charge in [0.05, 0.1) is 6.54 Å². The maximum absolute atomic E-state index is 13.8. The van der Waals surface area contributed by atoms with Crippen LogP contribution in [0.1, 0.15) is 18.4 Å². The Morgan fingerprint density at radius 2 is 1.91 bits per heavy atom. The van der Waals surface area contributed by atoms with E-state index in [1.54, 1.807) is 6.07 Å². The number of nitrogens with zero attached hydrogens (tertiary/aromatic N) is 2. The average Bonchev–Trinajstić information content (AvgIpc) is 3.29. The monoisotopic (exact) mass is 369 g/mol. The van der Waals surface area contributed by atoms with Crippen molar-refractivity contribution in [1.82, 2.24) is 15.1 Å². The summed E-state index contributed by atoms with van der Waals surface area (Å²) < 4.78 is 14.7. The van der Waals surface area contributed by atoms with Gasteiger partial charge in [-0.05, 0) is 31.0 Å². The van der Waals surface area contributed by atoms with Crippen molar-refractivity contribution in [3.63, 3.8) is 0 Å². The average molecular weight is 370 g/mol. The molecule has 1 aliphatic carbocycles. The van der Waals surface area contributed by atoms with E-state index in [-0.39, 0.29) is 11.7 Å². The number of hydrogen-bond donors (Lipinski definition) is 1. The fourth-order valence-electron chi connectivity index (χ4n) is 2.71. The quantitative estimate of drug-likeness (QED) is 0.861. The molecule has 120 valence electrons. The highest BCUT2D eigenvalue weighted by atomic mass is 79.9. The van der Waals surface area contributed by atoms with E-state index in [1.807, 2.05) is 6.07 Å². The molecule has 1 N–H and O–H groups in total. The Kier molecular flexibility index (Phi) is 5.10. The lowest BCUT2D eigenvalue weighted by Crippen LogP contribution is -2.49. The number of piperazine rings is 1. The zero-order chi connectivity index (χ0) is 15.5. The van der Waals surface area contributed by atoms with Crippen molar-refractivity contribution in [3.05, 3.63) is 34.1 Å². The van der Waals surface area contributed by atoms with E-state index in [0.29, 0.717) is 24.7 Å². The summed E-state index contributed by atoms with van der Waals surface area (Å²) in [6.07, 6.45) is 2.25. The summed E-state index contributed by atoms with van der Waals surface area (Å²) in [5, 5.41) is 3.02. The number of carbonyl (C=O) groups is 1. The van der Waals surface area contributed by atoms with Gasteiger partial charge in [-0.2, -0.15) is 0 Å². The van der Waals surface area contributed by atoms with Crippen molar-refractivity contribution >= 4 is 21.8 Å². The second-order valence-corrected chi connectivity index (χ2v) is 7.05. The maximum atomic E-state index is 13.8. The first-order valence-electron chi connectivity index (χ1n) is 7.78. The minimum atomic E-state index is -0.158. The van der Waals surface area contributed by atoms with Gasteiger partial charge in [-0.25, -0.2) is 4.39 Å². The smallest absolute Gasteiger partial charge is 0.234 e. The van der Waals surface area contributed by atoms with Crippen molar-refractivity contribution in [2.24, 2.45) is 0 Å². The Morgan fingerprint density at radius 1 is 1.23 bits per heavy atom. The van der Waals surface area contributed by atoms with Crippen LogP contribution in [-0.2, 0) is 11.3 Å². The SMILES string of the molecule is O=C(CN1CCN(Cc2cc(Br)ccc2F)CC1)NC1CC1. The highest BCUT2D eigenvalue weighted by Gasteiger charge is 2.25. The highest BCUT2D eigenvalue weighted by molar-refractivity contribution is 9.10. The van der Waals surface area contributed by atoms with Gasteiger partial charge in [0.2, 0.25) is 5.91 Å². The van der Waals surface area contributed by atoms with E-state index in [1.165, 1.54) is 6.07 Å². The summed E-state index contributed by atoms with van der Waals surface area (Å²) in [4.78, 5) is 16.2. The number of hydrogen-bond acceptors (Lipinski definition) is 3. The van der Waals surface area contributed by atoms with Gasteiger partial charge in [0.15, 0.2) is 0 Å². The Balaban J connectivity index is 1.45. The first kappa shape index (κ1) is 15.9. The van der Waals surface area contributed by atoms with Gasteiger partial charge in [-0.3, -0.25) is 14.6 Å². The molecule has 0 aromatic heterocycles. The van der Waals surface area contributed by atoms with Crippen molar-refractivity contribution in [1.29, 1.82) is 0 Å². The molecular weight excluding hydrogens is 349 g/mol. The lowest BCUT2D eigenvalue weighted by Gasteiger charge is -2.34. The van der Waals surface area contributed by atoms with E-state index in [0.717, 1.165) is 43.5 Å². The van der Waals surface area contributed by atoms with Crippen LogP contribution >= 0.6 is 15.9 Å². The Labute approximate surface area is 138 Å². The van der Waals surface area contributed by atoms with Crippen LogP contribution in [0.5, 0.6) is 0 Å². The summed E-state index contributed by atoms with van der Waals surface area (Å²) in [5.41, 5.74) is 0.717. The number of halogens is 2. The van der Waals surface area contributed by atoms with Gasteiger partial charge in [-0.15, -0.1) is 0 Å². The van der Waals surface area contributed by atoms with Crippen LogP contribution in [0.4, 0.5) is 4.39 Å². The zero-order valence-corrected chi connectivity index (χ0v) is 14.1. The van der Waals surface area contributed by atoms with Gasteiger partial charge >= 0.3 is 0 Å². The molecule has 0 atom stereocenters. The second-order valence-electron chi connectivity index (χ2n) is 6.13. The summed E-state index contributed by atoms with van der Waals surface area (Å²) in [7, 11) is 0. The van der Waals surface area contributed by atoms with E-state index in [2.05, 4.69) is 31.0 Å². The third-order valence-electron chi connectivity index (χ3n) is 4.18. The number of carbonyl (C=O) groups excluding carboxylic acids is 1. The molecule has 1 amide bonds. The minimum Gasteiger partial charge on any atom is -0.352 e. The third kappa shape index (κ3) is 4.51. The molecule has 1 saturated heterocycles. The Hall–Kier alpha value is -0.980. The summed E-state index contributed by atoms with van der Waals surface area (Å²) >= 11 is 3.38. The number of nitrogens with one attached hydrogen (secondary N) is 1. The number of rotatable bonds is 5. The van der Waals surface area contributed by atoms with E-state index >= 15 is 0 Å². The van der Waals surface area contributed by atoms with Crippen molar-refractivity contribution in [3.8, 4) is 0 Å². The number of amides is 1. The van der Waals surface area contributed by atoms with Crippen LogP contribution in [0, 0.1) is 5.82 Å². The van der Waals surface area contributed by atoms with E-state index in [9.17, 15) is 9.18 Å². The Morgan fingerprint density at radius 3 is 2.59 bits per heavy atom. The molecule has 0 radical (unpaired) electrons. The largest absolute Gasteiger partial charge is 0.352 e. The molecule has 1 saturated carbocycles. The Bertz CT molecular complexity index is 542. The molecule has 1 heterocycles. The summed E-state index contributed by atoms with van der Waals surface area (Å²) in [5.74, 6) is -0.0246. The van der Waals surface area contributed by atoms with Crippen LogP contribution in [-0.4, -0.2) is 54.5 Å². The van der Waals surface area contributed by atoms with Gasteiger partial charge in [0, 0.05) is 48.8 Å². The topological polar surface area (TPSA) is 35.6 Å². The van der Waals surface area contributed by atoms with E-state index in [4.69, 9.17) is 0 Å².